The Morgan fingerprint density at radius 1 is 0.492 bits per heavy atom. The van der Waals surface area contributed by atoms with Crippen molar-refractivity contribution in [3.05, 3.63) is 263 Å². The monoisotopic (exact) mass is 833 g/mol. The number of aryl methyl sites for hydroxylation is 3. The maximum Gasteiger partial charge on any atom is 0.0674 e. The first kappa shape index (κ1) is 39.1. The Morgan fingerprint density at radius 2 is 1.17 bits per heavy atom. The predicted octanol–water partition coefficient (Wildman–Crippen LogP) is 16.6. The first-order valence-corrected chi connectivity index (χ1v) is 23.5. The quantitative estimate of drug-likeness (QED) is 0.137. The van der Waals surface area contributed by atoms with Crippen LogP contribution in [0.4, 0.5) is 0 Å². The average Bonchev–Trinajstić information content (AvgIpc) is 3.86. The smallest absolute Gasteiger partial charge is 0.0674 e. The molecule has 0 radical (unpaired) electrons. The van der Waals surface area contributed by atoms with Crippen molar-refractivity contribution in [2.75, 3.05) is 0 Å². The molecule has 1 unspecified atom stereocenters. The van der Waals surface area contributed by atoms with Gasteiger partial charge in [-0.25, -0.2) is 0 Å². The van der Waals surface area contributed by atoms with E-state index in [-0.39, 0.29) is 5.41 Å². The van der Waals surface area contributed by atoms with Crippen molar-refractivity contribution in [1.82, 2.24) is 4.57 Å². The van der Waals surface area contributed by atoms with Crippen molar-refractivity contribution in [3.8, 4) is 39.1 Å². The zero-order valence-electron chi connectivity index (χ0n) is 37.0. The van der Waals surface area contributed by atoms with Crippen molar-refractivity contribution in [2.24, 2.45) is 0 Å². The molecule has 1 atom stereocenters. The standard InChI is InChI=1S/C64H51N/c1-44-30-34-49(46-18-6-2-7-19-46)40-56(44)57-41-50(47-20-8-3-9-21-47)37-36-48(57)35-31-45-32-38-53(39-33-45)65-62-29-17-15-27-55(62)59-42-58-54-26-14-16-28-60(54)64(61(58)43-63(59)65,51-22-10-4-11-23-51)52-24-12-5-13-25-52/h2-4,6-12,14-15,17-27,29-30,32-34,36-43H,5,13,16,28,31,35H2,1H3. The normalized spacial score (nSPS) is 16.5. The maximum atomic E-state index is 2.57. The zero-order valence-corrected chi connectivity index (χ0v) is 37.0. The summed E-state index contributed by atoms with van der Waals surface area (Å²) >= 11 is 0. The SMILES string of the molecule is Cc1ccc(-c2ccccc2)cc1-c1cc(-c2ccccc2)ccc1CCc1ccc(-n2c3ccccc3c3cc4c(cc32)C(C2=CCCC=C2)(c2ccccc2)C2=C4C=CCC2)cc1. The molecule has 3 aliphatic carbocycles. The number of rotatable bonds is 9. The largest absolute Gasteiger partial charge is 0.309 e. The average molecular weight is 834 g/mol. The lowest BCUT2D eigenvalue weighted by Gasteiger charge is -2.38. The van der Waals surface area contributed by atoms with Crippen LogP contribution >= 0.6 is 0 Å². The summed E-state index contributed by atoms with van der Waals surface area (Å²) < 4.78 is 2.52. The van der Waals surface area contributed by atoms with Crippen molar-refractivity contribution < 1.29 is 0 Å². The highest BCUT2D eigenvalue weighted by molar-refractivity contribution is 6.12. The van der Waals surface area contributed by atoms with Crippen LogP contribution in [-0.4, -0.2) is 4.57 Å². The molecule has 1 nitrogen and oxygen atoms in total. The summed E-state index contributed by atoms with van der Waals surface area (Å²) in [4.78, 5) is 0. The Labute approximate surface area is 383 Å². The third kappa shape index (κ3) is 6.60. The van der Waals surface area contributed by atoms with Gasteiger partial charge in [0.1, 0.15) is 0 Å². The van der Waals surface area contributed by atoms with E-state index in [0.717, 1.165) is 38.5 Å². The molecule has 1 heteroatoms. The molecule has 12 rings (SSSR count). The summed E-state index contributed by atoms with van der Waals surface area (Å²) in [6.07, 6.45) is 18.3. The minimum atomic E-state index is -0.327. The molecule has 0 aliphatic heterocycles. The summed E-state index contributed by atoms with van der Waals surface area (Å²) in [5.41, 5.74) is 23.5. The van der Waals surface area contributed by atoms with Crippen LogP contribution in [0.2, 0.25) is 0 Å². The van der Waals surface area contributed by atoms with Crippen LogP contribution in [0.1, 0.15) is 59.1 Å². The number of nitrogens with zero attached hydrogens (tertiary/aromatic N) is 1. The van der Waals surface area contributed by atoms with Gasteiger partial charge in [0, 0.05) is 16.5 Å². The molecule has 9 aromatic rings. The van der Waals surface area contributed by atoms with Gasteiger partial charge in [0.15, 0.2) is 0 Å². The van der Waals surface area contributed by atoms with Crippen LogP contribution in [0.25, 0.3) is 66.4 Å². The number of benzene rings is 8. The number of para-hydroxylation sites is 1. The molecule has 0 bridgehead atoms. The number of hydrogen-bond donors (Lipinski definition) is 0. The van der Waals surface area contributed by atoms with Gasteiger partial charge in [0.2, 0.25) is 0 Å². The van der Waals surface area contributed by atoms with Gasteiger partial charge in [-0.15, -0.1) is 0 Å². The van der Waals surface area contributed by atoms with Gasteiger partial charge in [-0.05, 0) is 171 Å². The van der Waals surface area contributed by atoms with Crippen molar-refractivity contribution >= 4 is 27.4 Å². The Hall–Kier alpha value is -7.48. The first-order chi connectivity index (χ1) is 32.1. The van der Waals surface area contributed by atoms with Gasteiger partial charge in [0.05, 0.1) is 16.4 Å². The fourth-order valence-electron chi connectivity index (χ4n) is 11.4. The molecule has 65 heavy (non-hydrogen) atoms. The zero-order chi connectivity index (χ0) is 43.3. The Morgan fingerprint density at radius 3 is 1.91 bits per heavy atom. The summed E-state index contributed by atoms with van der Waals surface area (Å²) in [6, 6.07) is 70.4. The van der Waals surface area contributed by atoms with Crippen LogP contribution in [0, 0.1) is 6.92 Å². The second-order valence-electron chi connectivity index (χ2n) is 18.2. The summed E-state index contributed by atoms with van der Waals surface area (Å²) in [7, 11) is 0. The third-order valence-corrected chi connectivity index (χ3v) is 14.5. The van der Waals surface area contributed by atoms with E-state index in [2.05, 4.69) is 230 Å². The van der Waals surface area contributed by atoms with E-state index in [9.17, 15) is 0 Å². The fraction of sp³-hybridized carbons (Fsp3) is 0.125. The van der Waals surface area contributed by atoms with E-state index in [1.54, 1.807) is 5.57 Å². The maximum absolute atomic E-state index is 2.57. The highest BCUT2D eigenvalue weighted by Crippen LogP contribution is 2.59. The van der Waals surface area contributed by atoms with Gasteiger partial charge in [-0.2, -0.15) is 0 Å². The summed E-state index contributed by atoms with van der Waals surface area (Å²) in [5.74, 6) is 0. The fourth-order valence-corrected chi connectivity index (χ4v) is 11.4. The summed E-state index contributed by atoms with van der Waals surface area (Å²) in [5, 5.41) is 2.60. The molecule has 1 aromatic heterocycles. The van der Waals surface area contributed by atoms with Crippen molar-refractivity contribution in [2.45, 2.75) is 50.9 Å². The minimum absolute atomic E-state index is 0.327. The van der Waals surface area contributed by atoms with Crippen molar-refractivity contribution in [3.63, 3.8) is 0 Å². The second-order valence-corrected chi connectivity index (χ2v) is 18.2. The Kier molecular flexibility index (Phi) is 9.79. The first-order valence-electron chi connectivity index (χ1n) is 23.5. The molecule has 0 fully saturated rings. The molecule has 0 N–H and O–H groups in total. The topological polar surface area (TPSA) is 4.93 Å². The van der Waals surface area contributed by atoms with Crippen LogP contribution < -0.4 is 0 Å². The van der Waals surface area contributed by atoms with E-state index in [0.29, 0.717) is 0 Å². The molecule has 1 heterocycles. The molecule has 8 aromatic carbocycles. The molecule has 0 saturated heterocycles. The van der Waals surface area contributed by atoms with Gasteiger partial charge in [-0.1, -0.05) is 176 Å². The summed E-state index contributed by atoms with van der Waals surface area (Å²) in [6.45, 7) is 2.25. The third-order valence-electron chi connectivity index (χ3n) is 14.5. The molecule has 312 valence electrons. The lowest BCUT2D eigenvalue weighted by atomic mass is 9.64. The number of hydrogen-bond acceptors (Lipinski definition) is 0. The van der Waals surface area contributed by atoms with Crippen LogP contribution in [0.3, 0.4) is 0 Å². The van der Waals surface area contributed by atoms with Crippen molar-refractivity contribution in [1.29, 1.82) is 0 Å². The Balaban J connectivity index is 0.941. The lowest BCUT2D eigenvalue weighted by Crippen LogP contribution is -2.31. The second kappa shape index (κ2) is 16.3. The predicted molar refractivity (Wildman–Crippen MR) is 275 cm³/mol. The van der Waals surface area contributed by atoms with Gasteiger partial charge >= 0.3 is 0 Å². The molecule has 0 saturated carbocycles. The minimum Gasteiger partial charge on any atom is -0.309 e. The van der Waals surface area contributed by atoms with Crippen LogP contribution in [-0.2, 0) is 18.3 Å². The van der Waals surface area contributed by atoms with Gasteiger partial charge < -0.3 is 4.57 Å². The van der Waals surface area contributed by atoms with Crippen LogP contribution in [0.5, 0.6) is 0 Å². The Bertz CT molecular complexity index is 3390. The molecule has 0 spiro atoms. The van der Waals surface area contributed by atoms with E-state index in [4.69, 9.17) is 0 Å². The lowest BCUT2D eigenvalue weighted by molar-refractivity contribution is 0.687. The number of allylic oxidation sites excluding steroid dienone is 8. The van der Waals surface area contributed by atoms with Gasteiger partial charge in [-0.3, -0.25) is 0 Å². The molecular formula is C64H51N. The number of fused-ring (bicyclic) bond motifs is 5. The van der Waals surface area contributed by atoms with Crippen LogP contribution in [0.15, 0.2) is 230 Å². The molecule has 3 aliphatic rings. The van der Waals surface area contributed by atoms with E-state index in [1.807, 2.05) is 0 Å². The van der Waals surface area contributed by atoms with E-state index in [1.165, 1.54) is 105 Å². The highest BCUT2D eigenvalue weighted by Gasteiger charge is 2.48. The highest BCUT2D eigenvalue weighted by atomic mass is 15.0. The molecular weight excluding hydrogens is 783 g/mol. The molecule has 0 amide bonds. The van der Waals surface area contributed by atoms with E-state index >= 15 is 0 Å². The van der Waals surface area contributed by atoms with Gasteiger partial charge in [0.25, 0.3) is 0 Å². The van der Waals surface area contributed by atoms with E-state index < -0.39 is 0 Å². The number of aromatic nitrogens is 1.